The minimum absolute atomic E-state index is 0.0466. The molecule has 4 N–H and O–H groups in total. The molecule has 1 aliphatic rings. The molecule has 192 valence electrons. The fourth-order valence-electron chi connectivity index (χ4n) is 4.88. The summed E-state index contributed by atoms with van der Waals surface area (Å²) in [7, 11) is 4.07. The SMILES string of the molecule is CN(C)Cc1ccccc1-c1ccc(N2CCc3c(C(N)=O)nn(-c4cccc(C(N)=O)c4)c3C2=O)cc1. The Morgan fingerprint density at radius 1 is 0.921 bits per heavy atom. The van der Waals surface area contributed by atoms with Gasteiger partial charge < -0.3 is 21.3 Å². The van der Waals surface area contributed by atoms with Crippen molar-refractivity contribution in [1.29, 1.82) is 0 Å². The maximum absolute atomic E-state index is 13.8. The zero-order valence-electron chi connectivity index (χ0n) is 21.2. The van der Waals surface area contributed by atoms with Gasteiger partial charge in [0.2, 0.25) is 5.91 Å². The number of carbonyl (C=O) groups is 3. The van der Waals surface area contributed by atoms with Gasteiger partial charge in [-0.1, -0.05) is 42.5 Å². The molecule has 0 saturated carbocycles. The molecular formula is C29H28N6O3. The third-order valence-electron chi connectivity index (χ3n) is 6.62. The second-order valence-electron chi connectivity index (χ2n) is 9.51. The van der Waals surface area contributed by atoms with Gasteiger partial charge in [-0.2, -0.15) is 5.10 Å². The van der Waals surface area contributed by atoms with Crippen molar-refractivity contribution in [3.05, 3.63) is 101 Å². The zero-order chi connectivity index (χ0) is 27.0. The highest BCUT2D eigenvalue weighted by Gasteiger charge is 2.34. The number of benzene rings is 3. The van der Waals surface area contributed by atoms with E-state index in [-0.39, 0.29) is 22.9 Å². The van der Waals surface area contributed by atoms with Crippen LogP contribution in [0.2, 0.25) is 0 Å². The van der Waals surface area contributed by atoms with Gasteiger partial charge in [-0.05, 0) is 67.5 Å². The van der Waals surface area contributed by atoms with E-state index in [1.165, 1.54) is 16.3 Å². The lowest BCUT2D eigenvalue weighted by Crippen LogP contribution is -2.39. The van der Waals surface area contributed by atoms with Crippen LogP contribution in [0, 0.1) is 0 Å². The molecule has 0 bridgehead atoms. The average Bonchev–Trinajstić information content (AvgIpc) is 3.30. The molecule has 4 aromatic rings. The van der Waals surface area contributed by atoms with Crippen LogP contribution in [0.1, 0.15) is 42.5 Å². The van der Waals surface area contributed by atoms with Gasteiger partial charge in [0.15, 0.2) is 5.69 Å². The van der Waals surface area contributed by atoms with Crippen LogP contribution in [0.4, 0.5) is 5.69 Å². The molecule has 3 aromatic carbocycles. The average molecular weight is 509 g/mol. The lowest BCUT2D eigenvalue weighted by Gasteiger charge is -2.28. The van der Waals surface area contributed by atoms with Crippen molar-refractivity contribution >= 4 is 23.4 Å². The van der Waals surface area contributed by atoms with E-state index in [1.807, 2.05) is 50.5 Å². The van der Waals surface area contributed by atoms with Crippen LogP contribution >= 0.6 is 0 Å². The molecule has 1 aromatic heterocycles. The van der Waals surface area contributed by atoms with Crippen LogP contribution in [0.15, 0.2) is 72.8 Å². The quantitative estimate of drug-likeness (QED) is 0.397. The normalized spacial score (nSPS) is 13.0. The molecule has 9 nitrogen and oxygen atoms in total. The number of hydrogen-bond acceptors (Lipinski definition) is 5. The summed E-state index contributed by atoms with van der Waals surface area (Å²) in [5, 5.41) is 4.37. The molecule has 0 spiro atoms. The Morgan fingerprint density at radius 2 is 1.66 bits per heavy atom. The van der Waals surface area contributed by atoms with E-state index in [1.54, 1.807) is 23.1 Å². The lowest BCUT2D eigenvalue weighted by molar-refractivity contribution is 0.0971. The number of amides is 3. The lowest BCUT2D eigenvalue weighted by atomic mass is 9.98. The van der Waals surface area contributed by atoms with Crippen molar-refractivity contribution in [2.24, 2.45) is 11.5 Å². The highest BCUT2D eigenvalue weighted by atomic mass is 16.2. The summed E-state index contributed by atoms with van der Waals surface area (Å²) >= 11 is 0. The predicted molar refractivity (Wildman–Crippen MR) is 145 cm³/mol. The third-order valence-corrected chi connectivity index (χ3v) is 6.62. The van der Waals surface area contributed by atoms with Gasteiger partial charge in [0.1, 0.15) is 5.69 Å². The van der Waals surface area contributed by atoms with Crippen molar-refractivity contribution in [2.75, 3.05) is 25.5 Å². The molecule has 38 heavy (non-hydrogen) atoms. The molecule has 2 heterocycles. The number of primary amides is 2. The van der Waals surface area contributed by atoms with E-state index in [4.69, 9.17) is 11.5 Å². The van der Waals surface area contributed by atoms with Crippen LogP contribution < -0.4 is 16.4 Å². The topological polar surface area (TPSA) is 128 Å². The van der Waals surface area contributed by atoms with Crippen LogP contribution in [-0.2, 0) is 13.0 Å². The summed E-state index contributed by atoms with van der Waals surface area (Å²) < 4.78 is 1.38. The fourth-order valence-corrected chi connectivity index (χ4v) is 4.88. The fraction of sp³-hybridized carbons (Fsp3) is 0.172. The van der Waals surface area contributed by atoms with Gasteiger partial charge in [-0.3, -0.25) is 14.4 Å². The Hall–Kier alpha value is -4.76. The van der Waals surface area contributed by atoms with Crippen LogP contribution in [0.25, 0.3) is 16.8 Å². The standard InChI is InChI=1S/C29H28N6O3/c1-33(2)17-20-6-3-4-9-23(20)18-10-12-21(13-11-18)34-15-14-24-25(28(31)37)32-35(26(24)29(34)38)22-8-5-7-19(16-22)27(30)36/h3-13,16H,14-15,17H2,1-2H3,(H2,30,36)(H2,31,37). The predicted octanol–water partition coefficient (Wildman–Crippen LogP) is 3.00. The monoisotopic (exact) mass is 508 g/mol. The molecule has 0 unspecified atom stereocenters. The minimum atomic E-state index is -0.715. The van der Waals surface area contributed by atoms with E-state index in [0.29, 0.717) is 24.2 Å². The van der Waals surface area contributed by atoms with Crippen molar-refractivity contribution in [1.82, 2.24) is 14.7 Å². The van der Waals surface area contributed by atoms with E-state index in [0.717, 1.165) is 23.4 Å². The van der Waals surface area contributed by atoms with E-state index in [2.05, 4.69) is 22.1 Å². The number of carbonyl (C=O) groups excluding carboxylic acids is 3. The van der Waals surface area contributed by atoms with Gasteiger partial charge in [-0.15, -0.1) is 0 Å². The number of nitrogens with two attached hydrogens (primary N) is 2. The number of rotatable bonds is 7. The van der Waals surface area contributed by atoms with Crippen LogP contribution in [-0.4, -0.2) is 53.0 Å². The molecule has 5 rings (SSSR count). The van der Waals surface area contributed by atoms with Crippen molar-refractivity contribution in [3.8, 4) is 16.8 Å². The molecule has 0 saturated heterocycles. The number of aromatic nitrogens is 2. The molecule has 0 fully saturated rings. The van der Waals surface area contributed by atoms with Crippen molar-refractivity contribution < 1.29 is 14.4 Å². The zero-order valence-corrected chi connectivity index (χ0v) is 21.2. The summed E-state index contributed by atoms with van der Waals surface area (Å²) in [4.78, 5) is 41.5. The van der Waals surface area contributed by atoms with Crippen molar-refractivity contribution in [2.45, 2.75) is 13.0 Å². The van der Waals surface area contributed by atoms with Gasteiger partial charge in [0.05, 0.1) is 5.69 Å². The van der Waals surface area contributed by atoms with Gasteiger partial charge in [-0.25, -0.2) is 4.68 Å². The van der Waals surface area contributed by atoms with E-state index < -0.39 is 11.8 Å². The van der Waals surface area contributed by atoms with E-state index in [9.17, 15) is 14.4 Å². The number of hydrogen-bond donors (Lipinski definition) is 2. The van der Waals surface area contributed by atoms with Gasteiger partial charge >= 0.3 is 0 Å². The largest absolute Gasteiger partial charge is 0.366 e. The molecule has 0 aliphatic carbocycles. The van der Waals surface area contributed by atoms with E-state index >= 15 is 0 Å². The Kier molecular flexibility index (Phi) is 6.52. The van der Waals surface area contributed by atoms with Crippen molar-refractivity contribution in [3.63, 3.8) is 0 Å². The Bertz CT molecular complexity index is 1560. The first-order valence-corrected chi connectivity index (χ1v) is 12.2. The third kappa shape index (κ3) is 4.55. The highest BCUT2D eigenvalue weighted by molar-refractivity contribution is 6.09. The second kappa shape index (κ2) is 9.95. The summed E-state index contributed by atoms with van der Waals surface area (Å²) in [5.41, 5.74) is 16.7. The first kappa shape index (κ1) is 24.9. The van der Waals surface area contributed by atoms with Crippen LogP contribution in [0.3, 0.4) is 0 Å². The molecular weight excluding hydrogens is 480 g/mol. The van der Waals surface area contributed by atoms with Gasteiger partial charge in [0, 0.05) is 29.9 Å². The number of anilines is 1. The Labute approximate surface area is 220 Å². The number of nitrogens with zero attached hydrogens (tertiary/aromatic N) is 4. The molecule has 1 aliphatic heterocycles. The molecule has 0 atom stereocenters. The first-order chi connectivity index (χ1) is 18.2. The maximum Gasteiger partial charge on any atom is 0.277 e. The van der Waals surface area contributed by atoms with Gasteiger partial charge in [0.25, 0.3) is 11.8 Å². The molecule has 0 radical (unpaired) electrons. The smallest absolute Gasteiger partial charge is 0.277 e. The Balaban J connectivity index is 1.52. The minimum Gasteiger partial charge on any atom is -0.366 e. The summed E-state index contributed by atoms with van der Waals surface area (Å²) in [5.74, 6) is -1.63. The first-order valence-electron chi connectivity index (χ1n) is 12.2. The summed E-state index contributed by atoms with van der Waals surface area (Å²) in [6, 6.07) is 22.6. The molecule has 9 heteroatoms. The summed E-state index contributed by atoms with van der Waals surface area (Å²) in [6.07, 6.45) is 0.405. The highest BCUT2D eigenvalue weighted by Crippen LogP contribution is 2.31. The summed E-state index contributed by atoms with van der Waals surface area (Å²) in [6.45, 7) is 1.18. The molecule has 3 amide bonds. The maximum atomic E-state index is 13.8. The van der Waals surface area contributed by atoms with Crippen LogP contribution in [0.5, 0.6) is 0 Å². The Morgan fingerprint density at radius 3 is 2.34 bits per heavy atom. The number of fused-ring (bicyclic) bond motifs is 1. The second-order valence-corrected chi connectivity index (χ2v) is 9.51.